The number of aromatic nitrogens is 4. The number of rotatable bonds is 3. The Morgan fingerprint density at radius 2 is 1.22 bits per heavy atom. The fourth-order valence-electron chi connectivity index (χ4n) is 3.10. The number of pyridine rings is 1. The van der Waals surface area contributed by atoms with Crippen LogP contribution in [-0.2, 0) is 5.41 Å². The molecule has 0 bridgehead atoms. The second-order valence-corrected chi connectivity index (χ2v) is 7.58. The van der Waals surface area contributed by atoms with Crippen LogP contribution in [0.2, 0.25) is 0 Å². The Labute approximate surface area is 159 Å². The molecule has 2 aromatic carbocycles. The third-order valence-electron chi connectivity index (χ3n) is 4.63. The van der Waals surface area contributed by atoms with Gasteiger partial charge in [-0.05, 0) is 35.2 Å². The molecule has 0 saturated carbocycles. The average Bonchev–Trinajstić information content (AvgIpc) is 3.14. The van der Waals surface area contributed by atoms with E-state index in [0.29, 0.717) is 0 Å². The van der Waals surface area contributed by atoms with Crippen LogP contribution in [0.15, 0.2) is 79.1 Å². The van der Waals surface area contributed by atoms with Gasteiger partial charge in [-0.2, -0.15) is 0 Å². The molecule has 2 heterocycles. The maximum absolute atomic E-state index is 4.52. The first-order valence-corrected chi connectivity index (χ1v) is 9.06. The first-order chi connectivity index (χ1) is 13.0. The van der Waals surface area contributed by atoms with Crippen LogP contribution in [0.25, 0.3) is 28.5 Å². The molecule has 4 nitrogen and oxygen atoms in total. The van der Waals surface area contributed by atoms with Crippen LogP contribution >= 0.6 is 0 Å². The van der Waals surface area contributed by atoms with E-state index in [0.717, 1.165) is 28.5 Å². The van der Waals surface area contributed by atoms with Crippen molar-refractivity contribution in [2.45, 2.75) is 26.2 Å². The van der Waals surface area contributed by atoms with Gasteiger partial charge in [-0.1, -0.05) is 63.2 Å². The number of para-hydroxylation sites is 1. The molecule has 0 atom stereocenters. The Morgan fingerprint density at radius 1 is 0.667 bits per heavy atom. The lowest BCUT2D eigenvalue weighted by molar-refractivity contribution is 0.590. The Morgan fingerprint density at radius 3 is 1.78 bits per heavy atom. The number of benzene rings is 2. The van der Waals surface area contributed by atoms with Gasteiger partial charge in [-0.3, -0.25) is 9.55 Å². The van der Waals surface area contributed by atoms with Crippen LogP contribution in [-0.4, -0.2) is 19.7 Å². The molecule has 4 rings (SSSR count). The number of nitrogens with zero attached hydrogens (tertiary/aromatic N) is 4. The zero-order valence-corrected chi connectivity index (χ0v) is 15.8. The first-order valence-electron chi connectivity index (χ1n) is 9.06. The van der Waals surface area contributed by atoms with E-state index in [9.17, 15) is 0 Å². The van der Waals surface area contributed by atoms with Crippen molar-refractivity contribution in [1.29, 1.82) is 0 Å². The summed E-state index contributed by atoms with van der Waals surface area (Å²) in [4.78, 5) is 4.11. The SMILES string of the molecule is CC(C)(C)c1ccc(-c2nnc(-c3ccncc3)n2-c2ccccc2)cc1. The molecule has 0 radical (unpaired) electrons. The summed E-state index contributed by atoms with van der Waals surface area (Å²) in [5.74, 6) is 1.63. The Kier molecular flexibility index (Phi) is 4.32. The lowest BCUT2D eigenvalue weighted by Crippen LogP contribution is -2.10. The van der Waals surface area contributed by atoms with Gasteiger partial charge < -0.3 is 0 Å². The van der Waals surface area contributed by atoms with Crippen molar-refractivity contribution < 1.29 is 0 Å². The molecular weight excluding hydrogens is 332 g/mol. The number of hydrogen-bond donors (Lipinski definition) is 0. The molecule has 0 aliphatic carbocycles. The van der Waals surface area contributed by atoms with Crippen LogP contribution in [0.4, 0.5) is 0 Å². The molecule has 0 N–H and O–H groups in total. The third kappa shape index (κ3) is 3.38. The molecule has 0 aliphatic heterocycles. The quantitative estimate of drug-likeness (QED) is 0.502. The molecule has 0 saturated heterocycles. The minimum absolute atomic E-state index is 0.119. The summed E-state index contributed by atoms with van der Waals surface area (Å²) in [5.41, 5.74) is 4.47. The summed E-state index contributed by atoms with van der Waals surface area (Å²) >= 11 is 0. The highest BCUT2D eigenvalue weighted by Crippen LogP contribution is 2.30. The fourth-order valence-corrected chi connectivity index (χ4v) is 3.10. The van der Waals surface area contributed by atoms with Crippen LogP contribution in [0.5, 0.6) is 0 Å². The van der Waals surface area contributed by atoms with Crippen molar-refractivity contribution >= 4 is 0 Å². The van der Waals surface area contributed by atoms with Gasteiger partial charge in [0, 0.05) is 29.2 Å². The highest BCUT2D eigenvalue weighted by Gasteiger charge is 2.18. The van der Waals surface area contributed by atoms with Gasteiger partial charge in [-0.15, -0.1) is 10.2 Å². The van der Waals surface area contributed by atoms with Crippen LogP contribution in [0.1, 0.15) is 26.3 Å². The molecular formula is C23H22N4. The molecule has 2 aromatic heterocycles. The molecule has 4 aromatic rings. The summed E-state index contributed by atoms with van der Waals surface area (Å²) in [6.45, 7) is 6.65. The highest BCUT2D eigenvalue weighted by molar-refractivity contribution is 5.66. The van der Waals surface area contributed by atoms with E-state index in [2.05, 4.69) is 76.9 Å². The molecule has 0 aliphatic rings. The lowest BCUT2D eigenvalue weighted by Gasteiger charge is -2.19. The molecule has 134 valence electrons. The molecule has 0 unspecified atom stereocenters. The van der Waals surface area contributed by atoms with E-state index < -0.39 is 0 Å². The van der Waals surface area contributed by atoms with Crippen molar-refractivity contribution in [3.8, 4) is 28.5 Å². The number of hydrogen-bond acceptors (Lipinski definition) is 3. The zero-order valence-electron chi connectivity index (χ0n) is 15.8. The van der Waals surface area contributed by atoms with Gasteiger partial charge in [-0.25, -0.2) is 0 Å². The predicted molar refractivity (Wildman–Crippen MR) is 109 cm³/mol. The van der Waals surface area contributed by atoms with Gasteiger partial charge in [0.1, 0.15) is 0 Å². The average molecular weight is 354 g/mol. The maximum atomic E-state index is 4.52. The Balaban J connectivity index is 1.88. The summed E-state index contributed by atoms with van der Waals surface area (Å²) in [5, 5.41) is 9.02. The normalized spacial score (nSPS) is 11.5. The predicted octanol–water partition coefficient (Wildman–Crippen LogP) is 5.29. The molecule has 0 spiro atoms. The molecule has 0 amide bonds. The topological polar surface area (TPSA) is 43.6 Å². The monoisotopic (exact) mass is 354 g/mol. The smallest absolute Gasteiger partial charge is 0.168 e. The van der Waals surface area contributed by atoms with Crippen LogP contribution in [0.3, 0.4) is 0 Å². The fraction of sp³-hybridized carbons (Fsp3) is 0.174. The van der Waals surface area contributed by atoms with E-state index in [1.165, 1.54) is 5.56 Å². The van der Waals surface area contributed by atoms with E-state index >= 15 is 0 Å². The standard InChI is InChI=1S/C23H22N4/c1-23(2,3)19-11-9-17(10-12-19)21-25-26-22(18-13-15-24-16-14-18)27(21)20-7-5-4-6-8-20/h4-16H,1-3H3. The summed E-state index contributed by atoms with van der Waals surface area (Å²) in [6.07, 6.45) is 3.55. The van der Waals surface area contributed by atoms with Gasteiger partial charge in [0.2, 0.25) is 0 Å². The Bertz CT molecular complexity index is 1030. The zero-order chi connectivity index (χ0) is 18.9. The van der Waals surface area contributed by atoms with Gasteiger partial charge >= 0.3 is 0 Å². The van der Waals surface area contributed by atoms with Crippen molar-refractivity contribution in [1.82, 2.24) is 19.7 Å². The second kappa shape index (κ2) is 6.80. The van der Waals surface area contributed by atoms with Crippen molar-refractivity contribution in [2.24, 2.45) is 0 Å². The minimum Gasteiger partial charge on any atom is -0.275 e. The van der Waals surface area contributed by atoms with E-state index in [4.69, 9.17) is 0 Å². The highest BCUT2D eigenvalue weighted by atomic mass is 15.3. The van der Waals surface area contributed by atoms with E-state index in [1.807, 2.05) is 30.3 Å². The molecule has 0 fully saturated rings. The van der Waals surface area contributed by atoms with Crippen molar-refractivity contribution in [3.05, 3.63) is 84.7 Å². The van der Waals surface area contributed by atoms with Gasteiger partial charge in [0.05, 0.1) is 0 Å². The maximum Gasteiger partial charge on any atom is 0.168 e. The first kappa shape index (κ1) is 17.2. The third-order valence-corrected chi connectivity index (χ3v) is 4.63. The van der Waals surface area contributed by atoms with Crippen molar-refractivity contribution in [2.75, 3.05) is 0 Å². The van der Waals surface area contributed by atoms with Crippen LogP contribution < -0.4 is 0 Å². The largest absolute Gasteiger partial charge is 0.275 e. The van der Waals surface area contributed by atoms with E-state index in [-0.39, 0.29) is 5.41 Å². The van der Waals surface area contributed by atoms with Crippen LogP contribution in [0, 0.1) is 0 Å². The summed E-state index contributed by atoms with van der Waals surface area (Å²) in [7, 11) is 0. The molecule has 27 heavy (non-hydrogen) atoms. The van der Waals surface area contributed by atoms with Crippen molar-refractivity contribution in [3.63, 3.8) is 0 Å². The van der Waals surface area contributed by atoms with Gasteiger partial charge in [0.15, 0.2) is 11.6 Å². The summed E-state index contributed by atoms with van der Waals surface area (Å²) < 4.78 is 2.10. The summed E-state index contributed by atoms with van der Waals surface area (Å²) in [6, 6.07) is 22.7. The minimum atomic E-state index is 0.119. The van der Waals surface area contributed by atoms with E-state index in [1.54, 1.807) is 12.4 Å². The lowest BCUT2D eigenvalue weighted by atomic mass is 9.86. The Hall–Kier alpha value is -3.27. The second-order valence-electron chi connectivity index (χ2n) is 7.58. The van der Waals surface area contributed by atoms with Gasteiger partial charge in [0.25, 0.3) is 0 Å². The molecule has 4 heteroatoms.